The molecule has 2 aliphatic rings. The minimum absolute atomic E-state index is 0.0937. The maximum atomic E-state index is 13.2. The molecule has 12 heteroatoms. The van der Waals surface area contributed by atoms with Gasteiger partial charge in [-0.15, -0.1) is 0 Å². The zero-order chi connectivity index (χ0) is 28.9. The normalized spacial score (nSPS) is 21.1. The minimum atomic E-state index is -3.79. The van der Waals surface area contributed by atoms with Crippen molar-refractivity contribution in [3.63, 3.8) is 0 Å². The van der Waals surface area contributed by atoms with Crippen LogP contribution in [0.25, 0.3) is 11.1 Å². The minimum Gasteiger partial charge on any atom is -0.466 e. The largest absolute Gasteiger partial charge is 0.466 e. The predicted molar refractivity (Wildman–Crippen MR) is 148 cm³/mol. The van der Waals surface area contributed by atoms with Crippen LogP contribution in [0.4, 0.5) is 0 Å². The lowest BCUT2D eigenvalue weighted by Gasteiger charge is -2.30. The first-order valence-electron chi connectivity index (χ1n) is 13.6. The molecule has 0 saturated carbocycles. The van der Waals surface area contributed by atoms with Gasteiger partial charge in [-0.1, -0.05) is 24.3 Å². The molecule has 0 unspecified atom stereocenters. The maximum Gasteiger partial charge on any atom is 0.310 e. The summed E-state index contributed by atoms with van der Waals surface area (Å²) in [6.45, 7) is 4.82. The molecular formula is C28H36N2O8S2. The standard InChI is InChI=1S/C28H36N2O8S2/c1-3-37-27(31)23-7-5-17-29(19-23)39(33,34)25-13-9-21(10-14-25)22-11-15-26(16-12-22)40(35,36)30-18-6-8-24(20-30)28(32)38-4-2/h9-16,23-24H,3-8,17-20H2,1-2H3/t23-,24-/m0/s1. The summed E-state index contributed by atoms with van der Waals surface area (Å²) >= 11 is 0. The van der Waals surface area contributed by atoms with Crippen LogP contribution in [-0.4, -0.2) is 76.8 Å². The van der Waals surface area contributed by atoms with Gasteiger partial charge >= 0.3 is 11.9 Å². The van der Waals surface area contributed by atoms with Crippen molar-refractivity contribution in [2.75, 3.05) is 39.4 Å². The molecule has 0 bridgehead atoms. The van der Waals surface area contributed by atoms with Gasteiger partial charge in [-0.05, 0) is 74.9 Å². The smallest absolute Gasteiger partial charge is 0.310 e. The van der Waals surface area contributed by atoms with Crippen LogP contribution in [0.5, 0.6) is 0 Å². The van der Waals surface area contributed by atoms with Gasteiger partial charge in [-0.3, -0.25) is 9.59 Å². The summed E-state index contributed by atoms with van der Waals surface area (Å²) in [7, 11) is -7.58. The van der Waals surface area contributed by atoms with Gasteiger partial charge in [0.15, 0.2) is 0 Å². The Morgan fingerprint density at radius 1 is 0.675 bits per heavy atom. The van der Waals surface area contributed by atoms with Crippen molar-refractivity contribution in [1.82, 2.24) is 8.61 Å². The summed E-state index contributed by atoms with van der Waals surface area (Å²) < 4.78 is 65.8. The Morgan fingerprint density at radius 2 is 1.02 bits per heavy atom. The van der Waals surface area contributed by atoms with E-state index in [-0.39, 0.29) is 48.0 Å². The molecule has 0 aliphatic carbocycles. The van der Waals surface area contributed by atoms with Crippen LogP contribution in [0, 0.1) is 11.8 Å². The van der Waals surface area contributed by atoms with E-state index in [9.17, 15) is 26.4 Å². The Balaban J connectivity index is 1.45. The van der Waals surface area contributed by atoms with E-state index in [4.69, 9.17) is 9.47 Å². The molecule has 0 radical (unpaired) electrons. The number of hydrogen-bond acceptors (Lipinski definition) is 8. The number of hydrogen-bond donors (Lipinski definition) is 0. The van der Waals surface area contributed by atoms with E-state index < -0.39 is 31.9 Å². The molecule has 2 aromatic carbocycles. The van der Waals surface area contributed by atoms with Gasteiger partial charge in [0.25, 0.3) is 0 Å². The third-order valence-electron chi connectivity index (χ3n) is 7.33. The molecular weight excluding hydrogens is 556 g/mol. The molecule has 2 heterocycles. The third-order valence-corrected chi connectivity index (χ3v) is 11.1. The number of piperidine rings is 2. The number of sulfonamides is 2. The lowest BCUT2D eigenvalue weighted by Crippen LogP contribution is -2.42. The highest BCUT2D eigenvalue weighted by molar-refractivity contribution is 7.89. The monoisotopic (exact) mass is 592 g/mol. The Bertz CT molecular complexity index is 1300. The molecule has 2 aliphatic heterocycles. The van der Waals surface area contributed by atoms with Crippen molar-refractivity contribution in [3.8, 4) is 11.1 Å². The van der Waals surface area contributed by atoms with Crippen molar-refractivity contribution in [2.24, 2.45) is 11.8 Å². The summed E-state index contributed by atoms with van der Waals surface area (Å²) in [5, 5.41) is 0. The van der Waals surface area contributed by atoms with Crippen LogP contribution in [0.1, 0.15) is 39.5 Å². The van der Waals surface area contributed by atoms with Crippen molar-refractivity contribution in [3.05, 3.63) is 48.5 Å². The summed E-state index contributed by atoms with van der Waals surface area (Å²) in [6.07, 6.45) is 2.35. The van der Waals surface area contributed by atoms with Crippen molar-refractivity contribution >= 4 is 32.0 Å². The molecule has 2 atom stereocenters. The lowest BCUT2D eigenvalue weighted by molar-refractivity contribution is -0.150. The number of carbonyl (C=O) groups is 2. The SMILES string of the molecule is CCOC(=O)[C@H]1CCCN(S(=O)(=O)c2ccc(-c3ccc(S(=O)(=O)N4CCC[C@H](C(=O)OCC)C4)cc3)cc2)C1. The molecule has 4 rings (SSSR count). The Labute approximate surface area is 236 Å². The van der Waals surface area contributed by atoms with Crippen LogP contribution >= 0.6 is 0 Å². The first kappa shape index (κ1) is 30.2. The molecule has 10 nitrogen and oxygen atoms in total. The second kappa shape index (κ2) is 12.8. The van der Waals surface area contributed by atoms with E-state index in [2.05, 4.69) is 0 Å². The summed E-state index contributed by atoms with van der Waals surface area (Å²) in [6, 6.07) is 12.8. The first-order valence-corrected chi connectivity index (χ1v) is 16.5. The second-order valence-corrected chi connectivity index (χ2v) is 13.8. The highest BCUT2D eigenvalue weighted by atomic mass is 32.2. The Morgan fingerprint density at radius 3 is 1.35 bits per heavy atom. The molecule has 2 aromatic rings. The van der Waals surface area contributed by atoms with Crippen LogP contribution in [0.3, 0.4) is 0 Å². The topological polar surface area (TPSA) is 127 Å². The van der Waals surface area contributed by atoms with Crippen LogP contribution in [0.2, 0.25) is 0 Å². The van der Waals surface area contributed by atoms with E-state index >= 15 is 0 Å². The molecule has 218 valence electrons. The fraction of sp³-hybridized carbons (Fsp3) is 0.500. The summed E-state index contributed by atoms with van der Waals surface area (Å²) in [4.78, 5) is 24.5. The van der Waals surface area contributed by atoms with E-state index in [1.54, 1.807) is 38.1 Å². The van der Waals surface area contributed by atoms with Crippen LogP contribution in [0.15, 0.2) is 58.3 Å². The highest BCUT2D eigenvalue weighted by Gasteiger charge is 2.35. The molecule has 0 aromatic heterocycles. The predicted octanol–water partition coefficient (Wildman–Crippen LogP) is 3.28. The first-order chi connectivity index (χ1) is 19.1. The summed E-state index contributed by atoms with van der Waals surface area (Å²) in [5.41, 5.74) is 1.46. The number of nitrogens with zero attached hydrogens (tertiary/aromatic N) is 2. The Hall–Kier alpha value is -2.80. The van der Waals surface area contributed by atoms with E-state index in [0.29, 0.717) is 38.8 Å². The zero-order valence-corrected chi connectivity index (χ0v) is 24.5. The van der Waals surface area contributed by atoms with Crippen LogP contribution in [-0.2, 0) is 39.1 Å². The van der Waals surface area contributed by atoms with Gasteiger partial charge < -0.3 is 9.47 Å². The van der Waals surface area contributed by atoms with Crippen LogP contribution < -0.4 is 0 Å². The fourth-order valence-corrected chi connectivity index (χ4v) is 8.21. The van der Waals surface area contributed by atoms with Gasteiger partial charge in [0.2, 0.25) is 20.0 Å². The van der Waals surface area contributed by atoms with Crippen molar-refractivity contribution in [1.29, 1.82) is 0 Å². The highest BCUT2D eigenvalue weighted by Crippen LogP contribution is 2.29. The molecule has 40 heavy (non-hydrogen) atoms. The summed E-state index contributed by atoms with van der Waals surface area (Å²) in [5.74, 6) is -1.69. The maximum absolute atomic E-state index is 13.2. The van der Waals surface area contributed by atoms with Gasteiger partial charge in [-0.25, -0.2) is 16.8 Å². The van der Waals surface area contributed by atoms with E-state index in [1.807, 2.05) is 0 Å². The van der Waals surface area contributed by atoms with Crippen molar-refractivity contribution in [2.45, 2.75) is 49.3 Å². The third kappa shape index (κ3) is 6.56. The number of benzene rings is 2. The number of ether oxygens (including phenoxy) is 2. The van der Waals surface area contributed by atoms with E-state index in [1.165, 1.54) is 32.9 Å². The number of carbonyl (C=O) groups excluding carboxylic acids is 2. The Kier molecular flexibility index (Phi) is 9.65. The second-order valence-electron chi connectivity index (χ2n) is 9.96. The zero-order valence-electron chi connectivity index (χ0n) is 22.8. The molecule has 2 fully saturated rings. The van der Waals surface area contributed by atoms with Gasteiger partial charge in [-0.2, -0.15) is 8.61 Å². The molecule has 0 spiro atoms. The number of esters is 2. The average Bonchev–Trinajstić information content (AvgIpc) is 2.97. The molecule has 2 saturated heterocycles. The average molecular weight is 593 g/mol. The quantitative estimate of drug-likeness (QED) is 0.406. The van der Waals surface area contributed by atoms with Gasteiger partial charge in [0, 0.05) is 26.2 Å². The molecule has 0 amide bonds. The van der Waals surface area contributed by atoms with E-state index in [0.717, 1.165) is 11.1 Å². The van der Waals surface area contributed by atoms with Crippen molar-refractivity contribution < 1.29 is 35.9 Å². The number of rotatable bonds is 9. The fourth-order valence-electron chi connectivity index (χ4n) is 5.16. The molecule has 0 N–H and O–H groups in total. The van der Waals surface area contributed by atoms with Gasteiger partial charge in [0.05, 0.1) is 34.8 Å². The van der Waals surface area contributed by atoms with Gasteiger partial charge in [0.1, 0.15) is 0 Å². The lowest BCUT2D eigenvalue weighted by atomic mass is 10.0.